The van der Waals surface area contributed by atoms with E-state index in [0.29, 0.717) is 12.0 Å². The minimum absolute atomic E-state index is 0.0557. The minimum Gasteiger partial charge on any atom is -0.349 e. The first kappa shape index (κ1) is 13.1. The van der Waals surface area contributed by atoms with E-state index in [-0.39, 0.29) is 5.91 Å². The van der Waals surface area contributed by atoms with Crippen LogP contribution in [0.3, 0.4) is 0 Å². The molecule has 1 heterocycles. The molecule has 0 saturated carbocycles. The summed E-state index contributed by atoms with van der Waals surface area (Å²) in [6.45, 7) is 6.33. The number of aryl methyl sites for hydroxylation is 1. The van der Waals surface area contributed by atoms with Gasteiger partial charge in [-0.1, -0.05) is 24.6 Å². The van der Waals surface area contributed by atoms with E-state index in [1.54, 1.807) is 0 Å². The van der Waals surface area contributed by atoms with Crippen molar-refractivity contribution in [2.75, 3.05) is 20.1 Å². The van der Waals surface area contributed by atoms with Crippen LogP contribution in [0, 0.1) is 12.8 Å². The first-order valence-corrected chi connectivity index (χ1v) is 6.62. The number of carbonyl (C=O) groups is 1. The number of amides is 1. The highest BCUT2D eigenvalue weighted by atomic mass is 16.1. The highest BCUT2D eigenvalue weighted by Crippen LogP contribution is 2.16. The van der Waals surface area contributed by atoms with Gasteiger partial charge in [-0.2, -0.15) is 0 Å². The molecule has 1 N–H and O–H groups in total. The van der Waals surface area contributed by atoms with Crippen LogP contribution in [0.1, 0.15) is 29.3 Å². The Balaban J connectivity index is 1.99. The van der Waals surface area contributed by atoms with Crippen LogP contribution >= 0.6 is 0 Å². The van der Waals surface area contributed by atoms with Crippen LogP contribution in [0.5, 0.6) is 0 Å². The van der Waals surface area contributed by atoms with Gasteiger partial charge in [0.05, 0.1) is 0 Å². The molecule has 1 fully saturated rings. The van der Waals surface area contributed by atoms with Gasteiger partial charge in [-0.25, -0.2) is 0 Å². The van der Waals surface area contributed by atoms with Crippen molar-refractivity contribution >= 4 is 5.91 Å². The third-order valence-electron chi connectivity index (χ3n) is 3.71. The Hall–Kier alpha value is -1.35. The molecule has 1 aliphatic heterocycles. The third kappa shape index (κ3) is 3.10. The molecule has 1 aromatic carbocycles. The van der Waals surface area contributed by atoms with E-state index in [4.69, 9.17) is 0 Å². The molecule has 2 rings (SSSR count). The van der Waals surface area contributed by atoms with Crippen LogP contribution < -0.4 is 5.32 Å². The topological polar surface area (TPSA) is 32.3 Å². The molecular weight excluding hydrogens is 224 g/mol. The van der Waals surface area contributed by atoms with Crippen molar-refractivity contribution < 1.29 is 4.79 Å². The van der Waals surface area contributed by atoms with Gasteiger partial charge in [0.15, 0.2) is 0 Å². The average molecular weight is 246 g/mol. The summed E-state index contributed by atoms with van der Waals surface area (Å²) in [7, 11) is 2.13. The predicted molar refractivity (Wildman–Crippen MR) is 73.7 cm³/mol. The number of hydrogen-bond donors (Lipinski definition) is 1. The van der Waals surface area contributed by atoms with Crippen molar-refractivity contribution in [2.45, 2.75) is 26.3 Å². The Morgan fingerprint density at radius 1 is 1.44 bits per heavy atom. The fourth-order valence-electron chi connectivity index (χ4n) is 2.61. The molecule has 1 aliphatic rings. The summed E-state index contributed by atoms with van der Waals surface area (Å²) in [5.74, 6) is 0.567. The number of nitrogens with one attached hydrogen (secondary N) is 1. The summed E-state index contributed by atoms with van der Waals surface area (Å²) in [4.78, 5) is 14.5. The zero-order chi connectivity index (χ0) is 13.1. The Morgan fingerprint density at radius 3 is 2.89 bits per heavy atom. The predicted octanol–water partition coefficient (Wildman–Crippen LogP) is 2.07. The van der Waals surface area contributed by atoms with Crippen molar-refractivity contribution in [3.05, 3.63) is 35.4 Å². The Labute approximate surface area is 109 Å². The number of benzene rings is 1. The molecule has 1 amide bonds. The summed E-state index contributed by atoms with van der Waals surface area (Å²) < 4.78 is 0. The van der Waals surface area contributed by atoms with Gasteiger partial charge in [0.1, 0.15) is 0 Å². The SMILES string of the molecule is Cc1cccc(C(=O)NC2CCN(C)CC2C)c1. The van der Waals surface area contributed by atoms with Crippen LogP contribution in [-0.2, 0) is 0 Å². The number of piperidine rings is 1. The van der Waals surface area contributed by atoms with Crippen LogP contribution in [0.25, 0.3) is 0 Å². The van der Waals surface area contributed by atoms with E-state index in [0.717, 1.165) is 30.6 Å². The zero-order valence-electron chi connectivity index (χ0n) is 11.4. The molecule has 0 spiro atoms. The number of carbonyl (C=O) groups excluding carboxylic acids is 1. The maximum Gasteiger partial charge on any atom is 0.251 e. The van der Waals surface area contributed by atoms with E-state index in [1.807, 2.05) is 31.2 Å². The molecule has 3 nitrogen and oxygen atoms in total. The van der Waals surface area contributed by atoms with Crippen LogP contribution in [0.15, 0.2) is 24.3 Å². The van der Waals surface area contributed by atoms with Gasteiger partial charge in [-0.15, -0.1) is 0 Å². The normalized spacial score (nSPS) is 24.8. The Kier molecular flexibility index (Phi) is 4.02. The van der Waals surface area contributed by atoms with Gasteiger partial charge in [0, 0.05) is 18.2 Å². The second-order valence-corrected chi connectivity index (χ2v) is 5.48. The van der Waals surface area contributed by atoms with Crippen molar-refractivity contribution in [3.8, 4) is 0 Å². The smallest absolute Gasteiger partial charge is 0.251 e. The zero-order valence-corrected chi connectivity index (χ0v) is 11.4. The molecule has 1 saturated heterocycles. The maximum absolute atomic E-state index is 12.2. The standard InChI is InChI=1S/C15H22N2O/c1-11-5-4-6-13(9-11)15(18)16-14-7-8-17(3)10-12(14)2/h4-6,9,12,14H,7-8,10H2,1-3H3,(H,16,18). The number of nitrogens with zero attached hydrogens (tertiary/aromatic N) is 1. The van der Waals surface area contributed by atoms with E-state index in [2.05, 4.69) is 24.2 Å². The monoisotopic (exact) mass is 246 g/mol. The van der Waals surface area contributed by atoms with Crippen LogP contribution in [0.4, 0.5) is 0 Å². The van der Waals surface area contributed by atoms with Gasteiger partial charge in [0.25, 0.3) is 5.91 Å². The summed E-state index contributed by atoms with van der Waals surface area (Å²) in [6, 6.07) is 8.06. The lowest BCUT2D eigenvalue weighted by Gasteiger charge is -2.35. The summed E-state index contributed by atoms with van der Waals surface area (Å²) in [5.41, 5.74) is 1.89. The summed E-state index contributed by atoms with van der Waals surface area (Å²) in [5, 5.41) is 3.17. The summed E-state index contributed by atoms with van der Waals surface area (Å²) >= 11 is 0. The molecule has 2 unspecified atom stereocenters. The highest BCUT2D eigenvalue weighted by molar-refractivity contribution is 5.94. The Morgan fingerprint density at radius 2 is 2.22 bits per heavy atom. The van der Waals surface area contributed by atoms with Crippen LogP contribution in [0.2, 0.25) is 0 Å². The third-order valence-corrected chi connectivity index (χ3v) is 3.71. The lowest BCUT2D eigenvalue weighted by Crippen LogP contribution is -2.48. The Bertz CT molecular complexity index is 430. The first-order valence-electron chi connectivity index (χ1n) is 6.62. The van der Waals surface area contributed by atoms with E-state index in [9.17, 15) is 4.79 Å². The fourth-order valence-corrected chi connectivity index (χ4v) is 2.61. The van der Waals surface area contributed by atoms with E-state index >= 15 is 0 Å². The second-order valence-electron chi connectivity index (χ2n) is 5.48. The highest BCUT2D eigenvalue weighted by Gasteiger charge is 2.25. The molecule has 0 aliphatic carbocycles. The molecule has 0 bridgehead atoms. The molecule has 2 atom stereocenters. The summed E-state index contributed by atoms with van der Waals surface area (Å²) in [6.07, 6.45) is 1.04. The largest absolute Gasteiger partial charge is 0.349 e. The van der Waals surface area contributed by atoms with Gasteiger partial charge < -0.3 is 10.2 Å². The minimum atomic E-state index is 0.0557. The van der Waals surface area contributed by atoms with Crippen molar-refractivity contribution in [2.24, 2.45) is 5.92 Å². The fraction of sp³-hybridized carbons (Fsp3) is 0.533. The molecule has 1 aromatic rings. The van der Waals surface area contributed by atoms with E-state index < -0.39 is 0 Å². The molecule has 98 valence electrons. The number of rotatable bonds is 2. The maximum atomic E-state index is 12.2. The lowest BCUT2D eigenvalue weighted by atomic mass is 9.94. The van der Waals surface area contributed by atoms with Gasteiger partial charge in [-0.3, -0.25) is 4.79 Å². The van der Waals surface area contributed by atoms with Crippen molar-refractivity contribution in [1.82, 2.24) is 10.2 Å². The lowest BCUT2D eigenvalue weighted by molar-refractivity contribution is 0.0884. The molecule has 0 radical (unpaired) electrons. The van der Waals surface area contributed by atoms with Crippen LogP contribution in [-0.4, -0.2) is 37.0 Å². The quantitative estimate of drug-likeness (QED) is 0.866. The molecule has 3 heteroatoms. The van der Waals surface area contributed by atoms with Crippen molar-refractivity contribution in [3.63, 3.8) is 0 Å². The molecule has 0 aromatic heterocycles. The molecular formula is C15H22N2O. The van der Waals surface area contributed by atoms with Gasteiger partial charge in [0.2, 0.25) is 0 Å². The number of likely N-dealkylation sites (tertiary alicyclic amines) is 1. The van der Waals surface area contributed by atoms with Gasteiger partial charge in [-0.05, 0) is 45.0 Å². The van der Waals surface area contributed by atoms with Gasteiger partial charge >= 0.3 is 0 Å². The first-order chi connectivity index (χ1) is 8.56. The molecule has 18 heavy (non-hydrogen) atoms. The average Bonchev–Trinajstić information content (AvgIpc) is 2.32. The van der Waals surface area contributed by atoms with Crippen molar-refractivity contribution in [1.29, 1.82) is 0 Å². The number of hydrogen-bond acceptors (Lipinski definition) is 2. The second kappa shape index (κ2) is 5.53. The van der Waals surface area contributed by atoms with E-state index in [1.165, 1.54) is 0 Å².